The summed E-state index contributed by atoms with van der Waals surface area (Å²) in [6.07, 6.45) is 0. The van der Waals surface area contributed by atoms with Crippen molar-refractivity contribution in [2.45, 2.75) is 38.9 Å². The van der Waals surface area contributed by atoms with E-state index in [1.165, 1.54) is 5.39 Å². The second kappa shape index (κ2) is 5.12. The van der Waals surface area contributed by atoms with Crippen molar-refractivity contribution >= 4 is 45.3 Å². The fraction of sp³-hybridized carbons (Fsp3) is 0.273. The molecule has 0 N–H and O–H groups in total. The molecule has 5 rings (SSSR count). The zero-order chi connectivity index (χ0) is 18.1. The molecule has 1 fully saturated rings. The van der Waals surface area contributed by atoms with Gasteiger partial charge in [-0.1, -0.05) is 36.4 Å². The van der Waals surface area contributed by atoms with Crippen LogP contribution in [-0.4, -0.2) is 18.3 Å². The summed E-state index contributed by atoms with van der Waals surface area (Å²) < 4.78 is 18.4. The van der Waals surface area contributed by atoms with E-state index in [2.05, 4.69) is 64.1 Å². The van der Waals surface area contributed by atoms with Crippen LogP contribution in [0.3, 0.4) is 0 Å². The first-order valence-electron chi connectivity index (χ1n) is 9.05. The van der Waals surface area contributed by atoms with Gasteiger partial charge in [-0.15, -0.1) is 0 Å². The van der Waals surface area contributed by atoms with Crippen molar-refractivity contribution in [1.29, 1.82) is 0 Å². The van der Waals surface area contributed by atoms with E-state index in [0.29, 0.717) is 0 Å². The lowest BCUT2D eigenvalue weighted by Crippen LogP contribution is -2.41. The van der Waals surface area contributed by atoms with E-state index < -0.39 is 0 Å². The Morgan fingerprint density at radius 2 is 1.42 bits per heavy atom. The zero-order valence-corrected chi connectivity index (χ0v) is 15.5. The Labute approximate surface area is 153 Å². The molecule has 0 unspecified atom stereocenters. The molecule has 4 aromatic rings. The third-order valence-electron chi connectivity index (χ3n) is 5.89. The first-order valence-corrected chi connectivity index (χ1v) is 9.05. The van der Waals surface area contributed by atoms with Gasteiger partial charge in [0.25, 0.3) is 0 Å². The first-order chi connectivity index (χ1) is 12.3. The molecule has 130 valence electrons. The second-order valence-corrected chi connectivity index (χ2v) is 8.14. The zero-order valence-electron chi connectivity index (χ0n) is 15.5. The van der Waals surface area contributed by atoms with Gasteiger partial charge >= 0.3 is 7.12 Å². The summed E-state index contributed by atoms with van der Waals surface area (Å²) in [6, 6.07) is 18.8. The van der Waals surface area contributed by atoms with Crippen molar-refractivity contribution < 1.29 is 13.7 Å². The molecule has 0 aliphatic carbocycles. The van der Waals surface area contributed by atoms with Crippen LogP contribution < -0.4 is 5.46 Å². The van der Waals surface area contributed by atoms with Crippen LogP contribution in [0.5, 0.6) is 0 Å². The van der Waals surface area contributed by atoms with Crippen LogP contribution in [0.2, 0.25) is 0 Å². The Kier molecular flexibility index (Phi) is 3.14. The molecule has 3 aromatic carbocycles. The number of para-hydroxylation sites is 1. The van der Waals surface area contributed by atoms with Crippen LogP contribution >= 0.6 is 0 Å². The van der Waals surface area contributed by atoms with Crippen LogP contribution in [0.4, 0.5) is 0 Å². The number of fused-ring (bicyclic) bond motifs is 4. The standard InChI is InChI=1S/C22H21BO3/c1-21(2)22(3,4)26-23(25-21)16-10-9-14-12-18-17-7-5-6-8-19(17)24-20(18)13-15(14)11-16/h5-13H,1-4H3. The van der Waals surface area contributed by atoms with Crippen molar-refractivity contribution in [1.82, 2.24) is 0 Å². The predicted molar refractivity (Wildman–Crippen MR) is 107 cm³/mol. The normalized spacial score (nSPS) is 19.0. The summed E-state index contributed by atoms with van der Waals surface area (Å²) >= 11 is 0. The Morgan fingerprint density at radius 3 is 2.19 bits per heavy atom. The average Bonchev–Trinajstić information content (AvgIpc) is 3.05. The maximum absolute atomic E-state index is 6.19. The van der Waals surface area contributed by atoms with Gasteiger partial charge in [-0.25, -0.2) is 0 Å². The van der Waals surface area contributed by atoms with Gasteiger partial charge in [0.05, 0.1) is 11.2 Å². The summed E-state index contributed by atoms with van der Waals surface area (Å²) in [7, 11) is -0.351. The van der Waals surface area contributed by atoms with Crippen molar-refractivity contribution in [3.8, 4) is 0 Å². The van der Waals surface area contributed by atoms with E-state index in [1.54, 1.807) is 0 Å². The van der Waals surface area contributed by atoms with Crippen LogP contribution in [0.25, 0.3) is 32.7 Å². The highest BCUT2D eigenvalue weighted by Gasteiger charge is 2.51. The lowest BCUT2D eigenvalue weighted by atomic mass is 9.78. The minimum Gasteiger partial charge on any atom is -0.456 e. The molecule has 1 saturated heterocycles. The molecular weight excluding hydrogens is 323 g/mol. The summed E-state index contributed by atoms with van der Waals surface area (Å²) in [5.41, 5.74) is 2.19. The molecule has 0 spiro atoms. The molecule has 0 radical (unpaired) electrons. The van der Waals surface area contributed by atoms with Gasteiger partial charge in [-0.05, 0) is 62.1 Å². The van der Waals surface area contributed by atoms with Crippen LogP contribution in [0.15, 0.2) is 59.0 Å². The number of furan rings is 1. The summed E-state index contributed by atoms with van der Waals surface area (Å²) in [6.45, 7) is 8.30. The SMILES string of the molecule is CC1(C)OB(c2ccc3cc4c(cc3c2)oc2ccccc24)OC1(C)C. The second-order valence-electron chi connectivity index (χ2n) is 8.14. The molecule has 4 heteroatoms. The van der Waals surface area contributed by atoms with E-state index in [9.17, 15) is 0 Å². The number of hydrogen-bond acceptors (Lipinski definition) is 3. The Hall–Kier alpha value is -2.30. The van der Waals surface area contributed by atoms with Crippen LogP contribution in [-0.2, 0) is 9.31 Å². The Balaban J connectivity index is 1.64. The van der Waals surface area contributed by atoms with E-state index in [0.717, 1.165) is 32.8 Å². The third-order valence-corrected chi connectivity index (χ3v) is 5.89. The third kappa shape index (κ3) is 2.22. The lowest BCUT2D eigenvalue weighted by Gasteiger charge is -2.32. The van der Waals surface area contributed by atoms with Crippen molar-refractivity contribution in [2.75, 3.05) is 0 Å². The number of rotatable bonds is 1. The molecule has 3 nitrogen and oxygen atoms in total. The highest BCUT2D eigenvalue weighted by Crippen LogP contribution is 2.37. The quantitative estimate of drug-likeness (QED) is 0.454. The van der Waals surface area contributed by atoms with Gasteiger partial charge < -0.3 is 13.7 Å². The molecular formula is C22H21BO3. The van der Waals surface area contributed by atoms with E-state index in [4.69, 9.17) is 13.7 Å². The van der Waals surface area contributed by atoms with Gasteiger partial charge in [-0.3, -0.25) is 0 Å². The fourth-order valence-electron chi connectivity index (χ4n) is 3.61. The van der Waals surface area contributed by atoms with E-state index >= 15 is 0 Å². The monoisotopic (exact) mass is 344 g/mol. The minimum atomic E-state index is -0.351. The van der Waals surface area contributed by atoms with Crippen molar-refractivity contribution in [3.05, 3.63) is 54.6 Å². The molecule has 1 aromatic heterocycles. The average molecular weight is 344 g/mol. The maximum Gasteiger partial charge on any atom is 0.494 e. The molecule has 0 bridgehead atoms. The Bertz CT molecular complexity index is 1140. The first kappa shape index (κ1) is 15.9. The van der Waals surface area contributed by atoms with Gasteiger partial charge in [-0.2, -0.15) is 0 Å². The highest BCUT2D eigenvalue weighted by molar-refractivity contribution is 6.62. The van der Waals surface area contributed by atoms with Gasteiger partial charge in [0.15, 0.2) is 0 Å². The largest absolute Gasteiger partial charge is 0.494 e. The fourth-order valence-corrected chi connectivity index (χ4v) is 3.61. The molecule has 1 aliphatic rings. The smallest absolute Gasteiger partial charge is 0.456 e. The molecule has 2 heterocycles. The van der Waals surface area contributed by atoms with Gasteiger partial charge in [0.2, 0.25) is 0 Å². The van der Waals surface area contributed by atoms with E-state index in [1.807, 2.05) is 18.2 Å². The topological polar surface area (TPSA) is 31.6 Å². The molecule has 1 aliphatic heterocycles. The van der Waals surface area contributed by atoms with Gasteiger partial charge in [0.1, 0.15) is 11.2 Å². The molecule has 0 atom stereocenters. The summed E-state index contributed by atoms with van der Waals surface area (Å²) in [5, 5.41) is 4.61. The lowest BCUT2D eigenvalue weighted by molar-refractivity contribution is 0.00578. The summed E-state index contributed by atoms with van der Waals surface area (Å²) in [4.78, 5) is 0. The van der Waals surface area contributed by atoms with Crippen molar-refractivity contribution in [3.63, 3.8) is 0 Å². The van der Waals surface area contributed by atoms with Crippen molar-refractivity contribution in [2.24, 2.45) is 0 Å². The maximum atomic E-state index is 6.19. The molecule has 0 amide bonds. The molecule has 0 saturated carbocycles. The predicted octanol–water partition coefficient (Wildman–Crippen LogP) is 5.04. The Morgan fingerprint density at radius 1 is 0.692 bits per heavy atom. The van der Waals surface area contributed by atoms with Crippen LogP contribution in [0, 0.1) is 0 Å². The highest BCUT2D eigenvalue weighted by atomic mass is 16.7. The number of benzene rings is 3. The molecule has 26 heavy (non-hydrogen) atoms. The minimum absolute atomic E-state index is 0.338. The van der Waals surface area contributed by atoms with Gasteiger partial charge in [0, 0.05) is 10.8 Å². The van der Waals surface area contributed by atoms with Crippen LogP contribution in [0.1, 0.15) is 27.7 Å². The van der Waals surface area contributed by atoms with E-state index in [-0.39, 0.29) is 18.3 Å². The summed E-state index contributed by atoms with van der Waals surface area (Å²) in [5.74, 6) is 0. The number of hydrogen-bond donors (Lipinski definition) is 0.